The van der Waals surface area contributed by atoms with E-state index in [0.29, 0.717) is 5.56 Å². The van der Waals surface area contributed by atoms with Gasteiger partial charge in [-0.2, -0.15) is 0 Å². The zero-order chi connectivity index (χ0) is 19.5. The van der Waals surface area contributed by atoms with Gasteiger partial charge in [0.1, 0.15) is 5.76 Å². The molecule has 7 heteroatoms. The summed E-state index contributed by atoms with van der Waals surface area (Å²) >= 11 is 0. The van der Waals surface area contributed by atoms with Crippen molar-refractivity contribution >= 4 is 5.91 Å². The van der Waals surface area contributed by atoms with Crippen LogP contribution >= 0.6 is 0 Å². The van der Waals surface area contributed by atoms with Crippen LogP contribution in [0.3, 0.4) is 0 Å². The molecule has 0 spiro atoms. The van der Waals surface area contributed by atoms with Gasteiger partial charge in [0.2, 0.25) is 0 Å². The average molecular weight is 377 g/mol. The molecule has 0 aromatic carbocycles. The number of rotatable bonds is 5. The second-order valence-electron chi connectivity index (χ2n) is 7.17. The molecule has 4 heterocycles. The van der Waals surface area contributed by atoms with Gasteiger partial charge >= 0.3 is 0 Å². The number of carbonyl (C=O) groups is 1. The fourth-order valence-corrected chi connectivity index (χ4v) is 3.87. The molecule has 4 rings (SSSR count). The first kappa shape index (κ1) is 18.3. The lowest BCUT2D eigenvalue weighted by Gasteiger charge is -2.24. The molecule has 1 saturated heterocycles. The Morgan fingerprint density at radius 3 is 2.89 bits per heavy atom. The Hall–Kier alpha value is -3.09. The van der Waals surface area contributed by atoms with E-state index >= 15 is 0 Å². The van der Waals surface area contributed by atoms with E-state index in [-0.39, 0.29) is 11.9 Å². The summed E-state index contributed by atoms with van der Waals surface area (Å²) in [7, 11) is 0. The number of aryl methyl sites for hydroxylation is 3. The van der Waals surface area contributed by atoms with Gasteiger partial charge in [0.15, 0.2) is 0 Å². The van der Waals surface area contributed by atoms with E-state index in [1.165, 1.54) is 0 Å². The third-order valence-electron chi connectivity index (χ3n) is 5.25. The Labute approximate surface area is 163 Å². The minimum Gasteiger partial charge on any atom is -0.361 e. The number of carbonyl (C=O) groups excluding carboxylic acids is 1. The Kier molecular flexibility index (Phi) is 5.14. The molecular weight excluding hydrogens is 354 g/mol. The lowest BCUT2D eigenvalue weighted by Crippen LogP contribution is -2.35. The maximum atomic E-state index is 12.8. The minimum absolute atomic E-state index is 0.0613. The molecule has 0 radical (unpaired) electrons. The molecule has 3 aromatic heterocycles. The number of hydrogen-bond acceptors (Lipinski definition) is 6. The summed E-state index contributed by atoms with van der Waals surface area (Å²) in [6, 6.07) is 3.84. The van der Waals surface area contributed by atoms with Gasteiger partial charge in [-0.15, -0.1) is 0 Å². The lowest BCUT2D eigenvalue weighted by molar-refractivity contribution is 0.0730. The van der Waals surface area contributed by atoms with Crippen LogP contribution in [0.1, 0.15) is 46.8 Å². The van der Waals surface area contributed by atoms with Crippen LogP contribution in [0.5, 0.6) is 0 Å². The summed E-state index contributed by atoms with van der Waals surface area (Å²) in [6.07, 6.45) is 10.5. The predicted molar refractivity (Wildman–Crippen MR) is 104 cm³/mol. The smallest absolute Gasteiger partial charge is 0.255 e. The van der Waals surface area contributed by atoms with Crippen LogP contribution in [0.2, 0.25) is 0 Å². The molecule has 1 amide bonds. The first-order valence-corrected chi connectivity index (χ1v) is 9.58. The van der Waals surface area contributed by atoms with Crippen molar-refractivity contribution in [3.63, 3.8) is 0 Å². The van der Waals surface area contributed by atoms with Gasteiger partial charge in [-0.25, -0.2) is 4.98 Å². The Balaban J connectivity index is 1.46. The quantitative estimate of drug-likeness (QED) is 0.678. The first-order valence-electron chi connectivity index (χ1n) is 9.58. The molecular formula is C21H23N5O2. The molecule has 1 fully saturated rings. The monoisotopic (exact) mass is 377 g/mol. The van der Waals surface area contributed by atoms with Crippen molar-refractivity contribution in [3.8, 4) is 11.3 Å². The number of likely N-dealkylation sites (tertiary alicyclic amines) is 1. The third kappa shape index (κ3) is 3.65. The molecule has 3 aromatic rings. The maximum absolute atomic E-state index is 12.8. The highest BCUT2D eigenvalue weighted by Gasteiger charge is 2.29. The highest BCUT2D eigenvalue weighted by molar-refractivity contribution is 5.94. The lowest BCUT2D eigenvalue weighted by atomic mass is 10.1. The van der Waals surface area contributed by atoms with Gasteiger partial charge < -0.3 is 9.42 Å². The molecule has 1 aliphatic heterocycles. The molecule has 1 atom stereocenters. The van der Waals surface area contributed by atoms with Gasteiger partial charge in [0.05, 0.1) is 34.4 Å². The van der Waals surface area contributed by atoms with Crippen molar-refractivity contribution in [1.82, 2.24) is 25.0 Å². The zero-order valence-corrected chi connectivity index (χ0v) is 16.1. The number of nitrogens with zero attached hydrogens (tertiary/aromatic N) is 5. The Bertz CT molecular complexity index is 950. The van der Waals surface area contributed by atoms with Crippen molar-refractivity contribution in [2.24, 2.45) is 0 Å². The summed E-state index contributed by atoms with van der Waals surface area (Å²) in [5, 5.41) is 4.00. The fourth-order valence-electron chi connectivity index (χ4n) is 3.87. The molecule has 0 bridgehead atoms. The fraction of sp³-hybridized carbons (Fsp3) is 0.381. The van der Waals surface area contributed by atoms with E-state index in [4.69, 9.17) is 9.51 Å². The average Bonchev–Trinajstić information content (AvgIpc) is 3.33. The summed E-state index contributed by atoms with van der Waals surface area (Å²) in [4.78, 5) is 27.9. The van der Waals surface area contributed by atoms with Crippen molar-refractivity contribution in [2.45, 2.75) is 45.6 Å². The van der Waals surface area contributed by atoms with Crippen molar-refractivity contribution in [3.05, 3.63) is 59.6 Å². The highest BCUT2D eigenvalue weighted by Crippen LogP contribution is 2.26. The van der Waals surface area contributed by atoms with Gasteiger partial charge in [0, 0.05) is 31.2 Å². The number of pyridine rings is 1. The number of hydrogen-bond donors (Lipinski definition) is 0. The van der Waals surface area contributed by atoms with Gasteiger partial charge in [-0.1, -0.05) is 5.16 Å². The maximum Gasteiger partial charge on any atom is 0.255 e. The minimum atomic E-state index is 0.0613. The Morgan fingerprint density at radius 1 is 1.25 bits per heavy atom. The summed E-state index contributed by atoms with van der Waals surface area (Å²) < 4.78 is 5.25. The van der Waals surface area contributed by atoms with E-state index in [2.05, 4.69) is 15.1 Å². The molecule has 0 N–H and O–H groups in total. The third-order valence-corrected chi connectivity index (χ3v) is 5.25. The van der Waals surface area contributed by atoms with Crippen molar-refractivity contribution < 1.29 is 9.32 Å². The van der Waals surface area contributed by atoms with Crippen LogP contribution in [-0.2, 0) is 6.42 Å². The Morgan fingerprint density at radius 2 is 2.14 bits per heavy atom. The van der Waals surface area contributed by atoms with Crippen LogP contribution in [0.4, 0.5) is 0 Å². The second kappa shape index (κ2) is 7.88. The van der Waals surface area contributed by atoms with E-state index in [1.807, 2.05) is 24.8 Å². The molecule has 7 nitrogen and oxygen atoms in total. The summed E-state index contributed by atoms with van der Waals surface area (Å²) in [6.45, 7) is 4.58. The first-order chi connectivity index (χ1) is 13.6. The molecule has 0 saturated carbocycles. The van der Waals surface area contributed by atoms with Gasteiger partial charge in [-0.3, -0.25) is 14.8 Å². The van der Waals surface area contributed by atoms with Crippen LogP contribution in [0.15, 0.2) is 41.4 Å². The zero-order valence-electron chi connectivity index (χ0n) is 16.1. The predicted octanol–water partition coefficient (Wildman–Crippen LogP) is 3.38. The molecule has 1 aliphatic rings. The van der Waals surface area contributed by atoms with E-state index in [1.54, 1.807) is 30.9 Å². The topological polar surface area (TPSA) is 85.0 Å². The van der Waals surface area contributed by atoms with E-state index in [0.717, 1.165) is 60.6 Å². The van der Waals surface area contributed by atoms with E-state index < -0.39 is 0 Å². The number of aromatic nitrogens is 4. The second-order valence-corrected chi connectivity index (χ2v) is 7.17. The van der Waals surface area contributed by atoms with Crippen LogP contribution in [0, 0.1) is 13.8 Å². The van der Waals surface area contributed by atoms with Crippen LogP contribution < -0.4 is 0 Å². The SMILES string of the molecule is Cc1noc(C)c1-c1cncc(CCC2CCCN2C(=O)c2cccnc2)n1. The highest BCUT2D eigenvalue weighted by atomic mass is 16.5. The van der Waals surface area contributed by atoms with Gasteiger partial charge in [0.25, 0.3) is 5.91 Å². The number of amides is 1. The molecule has 1 unspecified atom stereocenters. The summed E-state index contributed by atoms with van der Waals surface area (Å²) in [5.41, 5.74) is 4.06. The van der Waals surface area contributed by atoms with E-state index in [9.17, 15) is 4.79 Å². The van der Waals surface area contributed by atoms with Gasteiger partial charge in [-0.05, 0) is 51.7 Å². The normalized spacial score (nSPS) is 16.5. The standard InChI is InChI=1S/C21H23N5O2/c1-14-20(15(2)28-25-14)19-13-23-12-17(24-19)7-8-18-6-4-10-26(18)21(27)16-5-3-9-22-11-16/h3,5,9,11-13,18H,4,6-8,10H2,1-2H3. The summed E-state index contributed by atoms with van der Waals surface area (Å²) in [5.74, 6) is 0.805. The van der Waals surface area contributed by atoms with Crippen LogP contribution in [-0.4, -0.2) is 43.5 Å². The molecule has 28 heavy (non-hydrogen) atoms. The van der Waals surface area contributed by atoms with Crippen molar-refractivity contribution in [1.29, 1.82) is 0 Å². The van der Waals surface area contributed by atoms with Crippen LogP contribution in [0.25, 0.3) is 11.3 Å². The largest absolute Gasteiger partial charge is 0.361 e. The molecule has 0 aliphatic carbocycles. The van der Waals surface area contributed by atoms with Crippen molar-refractivity contribution in [2.75, 3.05) is 6.54 Å². The molecule has 144 valence electrons.